The fraction of sp³-hybridized carbons (Fsp3) is 0.625. The molecule has 0 saturated carbocycles. The number of aromatic nitrogens is 2. The molecule has 80 valence electrons. The van der Waals surface area contributed by atoms with Gasteiger partial charge in [0.15, 0.2) is 0 Å². The van der Waals surface area contributed by atoms with Crippen molar-refractivity contribution in [1.82, 2.24) is 9.78 Å². The second-order valence-corrected chi connectivity index (χ2v) is 4.92. The zero-order valence-corrected chi connectivity index (χ0v) is 9.28. The Kier molecular flexibility index (Phi) is 3.28. The standard InChI is InChI=1S/C8H14N2O3S/c1-4-14(11,12)13-7(2)8-5-9-10(3)6-8/h5-7H,4H2,1-3H3. The van der Waals surface area contributed by atoms with Crippen LogP contribution in [0.3, 0.4) is 0 Å². The Balaban J connectivity index is 2.73. The van der Waals surface area contributed by atoms with E-state index in [0.717, 1.165) is 5.56 Å². The van der Waals surface area contributed by atoms with Crippen molar-refractivity contribution in [2.45, 2.75) is 20.0 Å². The summed E-state index contributed by atoms with van der Waals surface area (Å²) in [5, 5.41) is 3.94. The lowest BCUT2D eigenvalue weighted by Crippen LogP contribution is -2.11. The number of hydrogen-bond donors (Lipinski definition) is 0. The second-order valence-electron chi connectivity index (χ2n) is 3.03. The maximum Gasteiger partial charge on any atom is 0.267 e. The lowest BCUT2D eigenvalue weighted by molar-refractivity contribution is 0.234. The van der Waals surface area contributed by atoms with Crippen molar-refractivity contribution in [2.75, 3.05) is 5.75 Å². The molecule has 0 spiro atoms. The molecule has 0 N–H and O–H groups in total. The summed E-state index contributed by atoms with van der Waals surface area (Å²) in [7, 11) is -1.63. The van der Waals surface area contributed by atoms with Crippen LogP contribution in [-0.2, 0) is 21.3 Å². The van der Waals surface area contributed by atoms with Crippen LogP contribution in [0, 0.1) is 0 Å². The number of hydrogen-bond acceptors (Lipinski definition) is 4. The minimum Gasteiger partial charge on any atom is -0.275 e. The molecule has 0 fully saturated rings. The average Bonchev–Trinajstić information content (AvgIpc) is 2.51. The van der Waals surface area contributed by atoms with Gasteiger partial charge < -0.3 is 0 Å². The van der Waals surface area contributed by atoms with E-state index < -0.39 is 16.2 Å². The van der Waals surface area contributed by atoms with E-state index in [1.807, 2.05) is 0 Å². The summed E-state index contributed by atoms with van der Waals surface area (Å²) in [5.41, 5.74) is 0.754. The number of nitrogens with zero attached hydrogens (tertiary/aromatic N) is 2. The predicted molar refractivity (Wildman–Crippen MR) is 52.2 cm³/mol. The number of rotatable bonds is 4. The van der Waals surface area contributed by atoms with Gasteiger partial charge >= 0.3 is 0 Å². The maximum atomic E-state index is 11.1. The van der Waals surface area contributed by atoms with E-state index >= 15 is 0 Å². The van der Waals surface area contributed by atoms with Crippen LogP contribution in [0.25, 0.3) is 0 Å². The summed E-state index contributed by atoms with van der Waals surface area (Å²) in [4.78, 5) is 0. The zero-order valence-electron chi connectivity index (χ0n) is 8.47. The van der Waals surface area contributed by atoms with E-state index in [0.29, 0.717) is 0 Å². The molecule has 0 aliphatic heterocycles. The Bertz CT molecular complexity index is 396. The first-order valence-corrected chi connectivity index (χ1v) is 5.92. The van der Waals surface area contributed by atoms with Crippen molar-refractivity contribution in [1.29, 1.82) is 0 Å². The van der Waals surface area contributed by atoms with E-state index in [4.69, 9.17) is 4.18 Å². The summed E-state index contributed by atoms with van der Waals surface area (Å²) in [6, 6.07) is 0. The normalized spacial score (nSPS) is 14.2. The highest BCUT2D eigenvalue weighted by atomic mass is 32.2. The second kappa shape index (κ2) is 4.10. The van der Waals surface area contributed by atoms with Gasteiger partial charge in [-0.2, -0.15) is 13.5 Å². The van der Waals surface area contributed by atoms with Crippen molar-refractivity contribution in [2.24, 2.45) is 7.05 Å². The van der Waals surface area contributed by atoms with Crippen LogP contribution in [-0.4, -0.2) is 24.0 Å². The fourth-order valence-corrected chi connectivity index (χ4v) is 1.68. The third-order valence-electron chi connectivity index (χ3n) is 1.84. The Labute approximate surface area is 83.8 Å². The highest BCUT2D eigenvalue weighted by Crippen LogP contribution is 2.17. The summed E-state index contributed by atoms with van der Waals surface area (Å²) >= 11 is 0. The minimum absolute atomic E-state index is 0.0163. The third kappa shape index (κ3) is 2.81. The largest absolute Gasteiger partial charge is 0.275 e. The van der Waals surface area contributed by atoms with Crippen molar-refractivity contribution >= 4 is 10.1 Å². The van der Waals surface area contributed by atoms with Crippen LogP contribution in [0.2, 0.25) is 0 Å². The van der Waals surface area contributed by atoms with Crippen LogP contribution in [0.15, 0.2) is 12.4 Å². The van der Waals surface area contributed by atoms with Gasteiger partial charge in [-0.05, 0) is 13.8 Å². The molecule has 0 saturated heterocycles. The third-order valence-corrected chi connectivity index (χ3v) is 3.13. The first-order chi connectivity index (χ1) is 6.44. The minimum atomic E-state index is -3.39. The molecule has 1 atom stereocenters. The molecule has 0 aliphatic carbocycles. The molecule has 0 aliphatic rings. The van der Waals surface area contributed by atoms with Gasteiger partial charge in [0.1, 0.15) is 6.10 Å². The van der Waals surface area contributed by atoms with Gasteiger partial charge in [-0.15, -0.1) is 0 Å². The van der Waals surface area contributed by atoms with E-state index in [2.05, 4.69) is 5.10 Å². The van der Waals surface area contributed by atoms with Crippen LogP contribution in [0.4, 0.5) is 0 Å². The van der Waals surface area contributed by atoms with Gasteiger partial charge in [0, 0.05) is 18.8 Å². The molecule has 0 radical (unpaired) electrons. The quantitative estimate of drug-likeness (QED) is 0.703. The van der Waals surface area contributed by atoms with E-state index in [1.165, 1.54) is 0 Å². The van der Waals surface area contributed by atoms with Crippen molar-refractivity contribution in [3.05, 3.63) is 18.0 Å². The highest BCUT2D eigenvalue weighted by molar-refractivity contribution is 7.86. The topological polar surface area (TPSA) is 61.2 Å². The van der Waals surface area contributed by atoms with Crippen LogP contribution in [0.5, 0.6) is 0 Å². The summed E-state index contributed by atoms with van der Waals surface area (Å²) < 4.78 is 28.8. The molecule has 1 aromatic rings. The molecule has 14 heavy (non-hydrogen) atoms. The Morgan fingerprint density at radius 1 is 1.64 bits per heavy atom. The smallest absolute Gasteiger partial charge is 0.267 e. The predicted octanol–water partition coefficient (Wildman–Crippen LogP) is 0.847. The molecular formula is C8H14N2O3S. The molecule has 1 heterocycles. The molecule has 1 rings (SSSR count). The first-order valence-electron chi connectivity index (χ1n) is 4.34. The molecular weight excluding hydrogens is 204 g/mol. The zero-order chi connectivity index (χ0) is 10.8. The molecule has 0 bridgehead atoms. The van der Waals surface area contributed by atoms with Gasteiger partial charge in [0.2, 0.25) is 0 Å². The molecule has 1 unspecified atom stereocenters. The lowest BCUT2D eigenvalue weighted by atomic mass is 10.2. The van der Waals surface area contributed by atoms with Gasteiger partial charge in [-0.3, -0.25) is 8.86 Å². The van der Waals surface area contributed by atoms with E-state index in [9.17, 15) is 8.42 Å². The van der Waals surface area contributed by atoms with Gasteiger partial charge in [0.25, 0.3) is 10.1 Å². The Morgan fingerprint density at radius 3 is 2.71 bits per heavy atom. The van der Waals surface area contributed by atoms with Crippen molar-refractivity contribution in [3.63, 3.8) is 0 Å². The monoisotopic (exact) mass is 218 g/mol. The van der Waals surface area contributed by atoms with Crippen LogP contribution >= 0.6 is 0 Å². The Hall–Kier alpha value is -0.880. The average molecular weight is 218 g/mol. The van der Waals surface area contributed by atoms with Gasteiger partial charge in [-0.1, -0.05) is 0 Å². The maximum absolute atomic E-state index is 11.1. The molecule has 6 heteroatoms. The SMILES string of the molecule is CCS(=O)(=O)OC(C)c1cnn(C)c1. The Morgan fingerprint density at radius 2 is 2.29 bits per heavy atom. The molecule has 1 aromatic heterocycles. The summed E-state index contributed by atoms with van der Waals surface area (Å²) in [6.45, 7) is 3.23. The summed E-state index contributed by atoms with van der Waals surface area (Å²) in [5.74, 6) is -0.0163. The van der Waals surface area contributed by atoms with E-state index in [-0.39, 0.29) is 5.75 Å². The van der Waals surface area contributed by atoms with Crippen LogP contribution < -0.4 is 0 Å². The van der Waals surface area contributed by atoms with Crippen molar-refractivity contribution < 1.29 is 12.6 Å². The lowest BCUT2D eigenvalue weighted by Gasteiger charge is -2.09. The van der Waals surface area contributed by atoms with Gasteiger partial charge in [0.05, 0.1) is 11.9 Å². The number of aryl methyl sites for hydroxylation is 1. The van der Waals surface area contributed by atoms with Gasteiger partial charge in [-0.25, -0.2) is 0 Å². The van der Waals surface area contributed by atoms with Crippen molar-refractivity contribution in [3.8, 4) is 0 Å². The molecule has 5 nitrogen and oxygen atoms in total. The van der Waals surface area contributed by atoms with E-state index in [1.54, 1.807) is 38.0 Å². The highest BCUT2D eigenvalue weighted by Gasteiger charge is 2.16. The summed E-state index contributed by atoms with van der Waals surface area (Å²) in [6.07, 6.45) is 2.85. The molecule has 0 amide bonds. The molecule has 0 aromatic carbocycles. The first kappa shape index (κ1) is 11.2. The fourth-order valence-electron chi connectivity index (χ4n) is 0.994. The van der Waals surface area contributed by atoms with Crippen LogP contribution in [0.1, 0.15) is 25.5 Å².